The SMILES string of the molecule is CC(C)NC(=O)C(C)NC(=O)C(CN)Cc1ccccc1. The average molecular weight is 291 g/mol. The van der Waals surface area contributed by atoms with Crippen LogP contribution in [0.3, 0.4) is 0 Å². The largest absolute Gasteiger partial charge is 0.352 e. The second kappa shape index (κ2) is 8.42. The van der Waals surface area contributed by atoms with Crippen molar-refractivity contribution in [3.63, 3.8) is 0 Å². The summed E-state index contributed by atoms with van der Waals surface area (Å²) in [5.74, 6) is -0.705. The number of amides is 2. The van der Waals surface area contributed by atoms with Crippen molar-refractivity contribution in [2.45, 2.75) is 39.3 Å². The summed E-state index contributed by atoms with van der Waals surface area (Å²) in [4.78, 5) is 24.0. The second-order valence-corrected chi connectivity index (χ2v) is 5.52. The summed E-state index contributed by atoms with van der Waals surface area (Å²) in [5, 5.41) is 5.49. The highest BCUT2D eigenvalue weighted by atomic mass is 16.2. The lowest BCUT2D eigenvalue weighted by molar-refractivity contribution is -0.130. The lowest BCUT2D eigenvalue weighted by atomic mass is 9.98. The van der Waals surface area contributed by atoms with Crippen LogP contribution in [0.25, 0.3) is 0 Å². The smallest absolute Gasteiger partial charge is 0.242 e. The van der Waals surface area contributed by atoms with Crippen molar-refractivity contribution in [3.8, 4) is 0 Å². The van der Waals surface area contributed by atoms with E-state index >= 15 is 0 Å². The van der Waals surface area contributed by atoms with Crippen molar-refractivity contribution in [3.05, 3.63) is 35.9 Å². The van der Waals surface area contributed by atoms with Crippen molar-refractivity contribution >= 4 is 11.8 Å². The molecule has 0 fully saturated rings. The minimum Gasteiger partial charge on any atom is -0.352 e. The third-order valence-electron chi connectivity index (χ3n) is 3.16. The molecular formula is C16H25N3O2. The molecule has 5 heteroatoms. The maximum atomic E-state index is 12.2. The summed E-state index contributed by atoms with van der Waals surface area (Å²) in [6, 6.07) is 9.20. The minimum atomic E-state index is -0.565. The molecule has 0 bridgehead atoms. The van der Waals surface area contributed by atoms with Crippen LogP contribution in [0, 0.1) is 5.92 Å². The van der Waals surface area contributed by atoms with Crippen LogP contribution in [0.1, 0.15) is 26.3 Å². The van der Waals surface area contributed by atoms with Gasteiger partial charge in [-0.15, -0.1) is 0 Å². The van der Waals surface area contributed by atoms with Crippen LogP contribution >= 0.6 is 0 Å². The fourth-order valence-corrected chi connectivity index (χ4v) is 1.99. The van der Waals surface area contributed by atoms with E-state index in [-0.39, 0.29) is 30.3 Å². The summed E-state index contributed by atoms with van der Waals surface area (Å²) >= 11 is 0. The summed E-state index contributed by atoms with van der Waals surface area (Å²) in [6.07, 6.45) is 0.571. The van der Waals surface area contributed by atoms with Gasteiger partial charge in [0.15, 0.2) is 0 Å². The van der Waals surface area contributed by atoms with Gasteiger partial charge in [-0.05, 0) is 32.8 Å². The Labute approximate surface area is 126 Å². The van der Waals surface area contributed by atoms with E-state index in [1.807, 2.05) is 44.2 Å². The first-order valence-electron chi connectivity index (χ1n) is 7.28. The molecule has 21 heavy (non-hydrogen) atoms. The molecule has 0 aliphatic heterocycles. The summed E-state index contributed by atoms with van der Waals surface area (Å²) in [5.41, 5.74) is 6.75. The Morgan fingerprint density at radius 2 is 1.67 bits per heavy atom. The molecule has 5 nitrogen and oxygen atoms in total. The molecule has 1 aromatic rings. The number of benzene rings is 1. The van der Waals surface area contributed by atoms with Crippen molar-refractivity contribution in [1.82, 2.24) is 10.6 Å². The van der Waals surface area contributed by atoms with Crippen LogP contribution in [-0.2, 0) is 16.0 Å². The standard InChI is InChI=1S/C16H25N3O2/c1-11(2)18-15(20)12(3)19-16(21)14(10-17)9-13-7-5-4-6-8-13/h4-8,11-12,14H,9-10,17H2,1-3H3,(H,18,20)(H,19,21). The third-order valence-corrected chi connectivity index (χ3v) is 3.16. The number of hydrogen-bond donors (Lipinski definition) is 3. The molecule has 2 amide bonds. The molecule has 2 unspecified atom stereocenters. The molecule has 1 aromatic carbocycles. The number of nitrogens with two attached hydrogens (primary N) is 1. The third kappa shape index (κ3) is 5.95. The van der Waals surface area contributed by atoms with Gasteiger partial charge in [-0.2, -0.15) is 0 Å². The van der Waals surface area contributed by atoms with E-state index in [1.165, 1.54) is 0 Å². The van der Waals surface area contributed by atoms with Crippen molar-refractivity contribution in [2.24, 2.45) is 11.7 Å². The van der Waals surface area contributed by atoms with E-state index in [0.29, 0.717) is 6.42 Å². The lowest BCUT2D eigenvalue weighted by Gasteiger charge is -2.20. The zero-order valence-electron chi connectivity index (χ0n) is 12.9. The molecule has 116 valence electrons. The van der Waals surface area contributed by atoms with E-state index in [2.05, 4.69) is 10.6 Å². The summed E-state index contributed by atoms with van der Waals surface area (Å²) < 4.78 is 0. The highest BCUT2D eigenvalue weighted by Crippen LogP contribution is 2.08. The fourth-order valence-electron chi connectivity index (χ4n) is 1.99. The van der Waals surface area contributed by atoms with Crippen LogP contribution in [-0.4, -0.2) is 30.4 Å². The zero-order valence-corrected chi connectivity index (χ0v) is 12.9. The Morgan fingerprint density at radius 1 is 1.05 bits per heavy atom. The van der Waals surface area contributed by atoms with Gasteiger partial charge in [-0.3, -0.25) is 9.59 Å². The van der Waals surface area contributed by atoms with Crippen LogP contribution in [0.4, 0.5) is 0 Å². The van der Waals surface area contributed by atoms with E-state index in [9.17, 15) is 9.59 Å². The van der Waals surface area contributed by atoms with Gasteiger partial charge in [-0.1, -0.05) is 30.3 Å². The van der Waals surface area contributed by atoms with E-state index in [1.54, 1.807) is 6.92 Å². The number of rotatable bonds is 7. The zero-order chi connectivity index (χ0) is 15.8. The number of hydrogen-bond acceptors (Lipinski definition) is 3. The maximum absolute atomic E-state index is 12.2. The molecule has 4 N–H and O–H groups in total. The quantitative estimate of drug-likeness (QED) is 0.696. The van der Waals surface area contributed by atoms with Crippen molar-refractivity contribution in [1.29, 1.82) is 0 Å². The molecule has 0 aromatic heterocycles. The van der Waals surface area contributed by atoms with Gasteiger partial charge in [0, 0.05) is 12.6 Å². The van der Waals surface area contributed by atoms with Gasteiger partial charge in [-0.25, -0.2) is 0 Å². The highest BCUT2D eigenvalue weighted by Gasteiger charge is 2.22. The normalized spacial score (nSPS) is 13.6. The fraction of sp³-hybridized carbons (Fsp3) is 0.500. The first-order valence-corrected chi connectivity index (χ1v) is 7.28. The van der Waals surface area contributed by atoms with Crippen LogP contribution < -0.4 is 16.4 Å². The first-order chi connectivity index (χ1) is 9.93. The van der Waals surface area contributed by atoms with Crippen LogP contribution in [0.15, 0.2) is 30.3 Å². The number of nitrogens with one attached hydrogen (secondary N) is 2. The van der Waals surface area contributed by atoms with Gasteiger partial charge < -0.3 is 16.4 Å². The van der Waals surface area contributed by atoms with Crippen molar-refractivity contribution in [2.75, 3.05) is 6.54 Å². The topological polar surface area (TPSA) is 84.2 Å². The van der Waals surface area contributed by atoms with Gasteiger partial charge in [0.25, 0.3) is 0 Å². The molecule has 0 radical (unpaired) electrons. The molecule has 0 heterocycles. The Hall–Kier alpha value is -1.88. The molecule has 2 atom stereocenters. The molecule has 0 aliphatic carbocycles. The van der Waals surface area contributed by atoms with Gasteiger partial charge in [0.2, 0.25) is 11.8 Å². The Morgan fingerprint density at radius 3 is 2.19 bits per heavy atom. The van der Waals surface area contributed by atoms with E-state index in [4.69, 9.17) is 5.73 Å². The molecule has 1 rings (SSSR count). The molecule has 0 aliphatic rings. The lowest BCUT2D eigenvalue weighted by Crippen LogP contribution is -2.49. The Bertz CT molecular complexity index is 460. The maximum Gasteiger partial charge on any atom is 0.242 e. The predicted octanol–water partition coefficient (Wildman–Crippen LogP) is 0.833. The van der Waals surface area contributed by atoms with Crippen LogP contribution in [0.5, 0.6) is 0 Å². The van der Waals surface area contributed by atoms with Crippen LogP contribution in [0.2, 0.25) is 0 Å². The molecule has 0 spiro atoms. The summed E-state index contributed by atoms with van der Waals surface area (Å²) in [6.45, 7) is 5.68. The highest BCUT2D eigenvalue weighted by molar-refractivity contribution is 5.88. The molecular weight excluding hydrogens is 266 g/mol. The van der Waals surface area contributed by atoms with E-state index in [0.717, 1.165) is 5.56 Å². The monoisotopic (exact) mass is 291 g/mol. The molecule has 0 saturated carbocycles. The van der Waals surface area contributed by atoms with E-state index < -0.39 is 6.04 Å². The number of carbonyl (C=O) groups excluding carboxylic acids is 2. The van der Waals surface area contributed by atoms with Gasteiger partial charge >= 0.3 is 0 Å². The Kier molecular flexibility index (Phi) is 6.88. The summed E-state index contributed by atoms with van der Waals surface area (Å²) in [7, 11) is 0. The second-order valence-electron chi connectivity index (χ2n) is 5.52. The van der Waals surface area contributed by atoms with Crippen molar-refractivity contribution < 1.29 is 9.59 Å². The van der Waals surface area contributed by atoms with Gasteiger partial charge in [0.05, 0.1) is 5.92 Å². The predicted molar refractivity (Wildman–Crippen MR) is 83.6 cm³/mol. The Balaban J connectivity index is 2.57. The number of carbonyl (C=O) groups is 2. The minimum absolute atomic E-state index is 0.0477. The first kappa shape index (κ1) is 17.2. The molecule has 0 saturated heterocycles. The van der Waals surface area contributed by atoms with Gasteiger partial charge in [0.1, 0.15) is 6.04 Å². The average Bonchev–Trinajstić information content (AvgIpc) is 2.44.